The van der Waals surface area contributed by atoms with Gasteiger partial charge in [0.25, 0.3) is 0 Å². The maximum absolute atomic E-state index is 11.1. The number of ether oxygens (including phenoxy) is 1. The standard InChI is InChI=1S/C10H12O2S/c1-12-9-5-3-4-8(6-9)7-10(11)13-2/h3-6H,7H2,1-2H3. The third kappa shape index (κ3) is 3.11. The van der Waals surface area contributed by atoms with E-state index >= 15 is 0 Å². The Bertz CT molecular complexity index is 297. The molecule has 0 atom stereocenters. The Kier molecular flexibility index (Phi) is 3.83. The molecule has 0 heterocycles. The minimum atomic E-state index is 0.174. The van der Waals surface area contributed by atoms with Crippen molar-refractivity contribution in [3.8, 4) is 5.75 Å². The molecule has 2 nitrogen and oxygen atoms in total. The Labute approximate surface area is 82.3 Å². The summed E-state index contributed by atoms with van der Waals surface area (Å²) in [5.74, 6) is 0.798. The number of carbonyl (C=O) groups excluding carboxylic acids is 1. The molecule has 0 unspecified atom stereocenters. The van der Waals surface area contributed by atoms with E-state index in [2.05, 4.69) is 0 Å². The summed E-state index contributed by atoms with van der Waals surface area (Å²) in [6, 6.07) is 7.57. The lowest BCUT2D eigenvalue weighted by molar-refractivity contribution is -0.110. The topological polar surface area (TPSA) is 26.3 Å². The van der Waals surface area contributed by atoms with Crippen LogP contribution in [0.4, 0.5) is 0 Å². The molecule has 1 aromatic rings. The Balaban J connectivity index is 2.71. The van der Waals surface area contributed by atoms with Crippen LogP contribution in [-0.2, 0) is 11.2 Å². The van der Waals surface area contributed by atoms with E-state index in [-0.39, 0.29) is 5.12 Å². The van der Waals surface area contributed by atoms with Crippen LogP contribution in [0.15, 0.2) is 24.3 Å². The number of carbonyl (C=O) groups is 1. The second-order valence-electron chi connectivity index (χ2n) is 2.60. The number of methoxy groups -OCH3 is 1. The zero-order valence-corrected chi connectivity index (χ0v) is 8.56. The van der Waals surface area contributed by atoms with Gasteiger partial charge in [0.05, 0.1) is 7.11 Å². The van der Waals surface area contributed by atoms with Gasteiger partial charge in [-0.2, -0.15) is 0 Å². The van der Waals surface area contributed by atoms with Crippen molar-refractivity contribution in [1.82, 2.24) is 0 Å². The van der Waals surface area contributed by atoms with Crippen molar-refractivity contribution in [3.05, 3.63) is 29.8 Å². The molecule has 13 heavy (non-hydrogen) atoms. The Morgan fingerprint density at radius 1 is 1.54 bits per heavy atom. The van der Waals surface area contributed by atoms with E-state index in [1.165, 1.54) is 11.8 Å². The molecular formula is C10H12O2S. The van der Waals surface area contributed by atoms with Crippen molar-refractivity contribution in [3.63, 3.8) is 0 Å². The van der Waals surface area contributed by atoms with E-state index in [1.54, 1.807) is 13.4 Å². The first-order chi connectivity index (χ1) is 6.26. The Morgan fingerprint density at radius 3 is 2.92 bits per heavy atom. The maximum atomic E-state index is 11.1. The van der Waals surface area contributed by atoms with Crippen molar-refractivity contribution < 1.29 is 9.53 Å². The SMILES string of the molecule is COc1cccc(CC(=O)SC)c1. The first kappa shape index (κ1) is 10.1. The fraction of sp³-hybridized carbons (Fsp3) is 0.300. The Morgan fingerprint density at radius 2 is 2.31 bits per heavy atom. The number of benzene rings is 1. The monoisotopic (exact) mass is 196 g/mol. The summed E-state index contributed by atoms with van der Waals surface area (Å²) in [7, 11) is 1.62. The van der Waals surface area contributed by atoms with Crippen LogP contribution in [0.25, 0.3) is 0 Å². The normalized spacial score (nSPS) is 9.69. The number of hydrogen-bond donors (Lipinski definition) is 0. The molecule has 0 saturated carbocycles. The maximum Gasteiger partial charge on any atom is 0.193 e. The van der Waals surface area contributed by atoms with Crippen molar-refractivity contribution in [2.75, 3.05) is 13.4 Å². The minimum Gasteiger partial charge on any atom is -0.497 e. The summed E-state index contributed by atoms with van der Waals surface area (Å²) in [5.41, 5.74) is 0.999. The predicted molar refractivity (Wildman–Crippen MR) is 55.2 cm³/mol. The molecule has 0 N–H and O–H groups in total. The highest BCUT2D eigenvalue weighted by Crippen LogP contribution is 2.14. The molecule has 0 bridgehead atoms. The van der Waals surface area contributed by atoms with Crippen LogP contribution in [0.2, 0.25) is 0 Å². The molecule has 1 rings (SSSR count). The fourth-order valence-corrected chi connectivity index (χ4v) is 1.33. The van der Waals surface area contributed by atoms with Gasteiger partial charge in [0.2, 0.25) is 0 Å². The smallest absolute Gasteiger partial charge is 0.193 e. The second kappa shape index (κ2) is 4.92. The van der Waals surface area contributed by atoms with Gasteiger partial charge in [-0.1, -0.05) is 23.9 Å². The van der Waals surface area contributed by atoms with Gasteiger partial charge in [-0.05, 0) is 24.0 Å². The molecule has 3 heteroatoms. The first-order valence-corrected chi connectivity index (χ1v) is 5.18. The summed E-state index contributed by atoms with van der Waals surface area (Å²) in [6.07, 6.45) is 2.26. The van der Waals surface area contributed by atoms with Crippen LogP contribution in [0.1, 0.15) is 5.56 Å². The summed E-state index contributed by atoms with van der Waals surface area (Å²) >= 11 is 1.25. The van der Waals surface area contributed by atoms with Crippen LogP contribution < -0.4 is 4.74 Å². The molecule has 0 spiro atoms. The second-order valence-corrected chi connectivity index (χ2v) is 3.47. The molecule has 0 fully saturated rings. The highest BCUT2D eigenvalue weighted by Gasteiger charge is 2.01. The highest BCUT2D eigenvalue weighted by atomic mass is 32.2. The van der Waals surface area contributed by atoms with Crippen molar-refractivity contribution >= 4 is 16.9 Å². The molecule has 0 aromatic heterocycles. The predicted octanol–water partition coefficient (Wildman–Crippen LogP) is 2.13. The minimum absolute atomic E-state index is 0.174. The molecule has 1 aromatic carbocycles. The summed E-state index contributed by atoms with van der Waals surface area (Å²) in [5, 5.41) is 0.174. The lowest BCUT2D eigenvalue weighted by Crippen LogP contribution is -1.96. The van der Waals surface area contributed by atoms with Gasteiger partial charge in [0.1, 0.15) is 5.75 Å². The van der Waals surface area contributed by atoms with Gasteiger partial charge in [-0.25, -0.2) is 0 Å². The number of hydrogen-bond acceptors (Lipinski definition) is 3. The number of rotatable bonds is 3. The lowest BCUT2D eigenvalue weighted by atomic mass is 10.1. The van der Waals surface area contributed by atoms with Crippen molar-refractivity contribution in [1.29, 1.82) is 0 Å². The molecule has 0 aliphatic carbocycles. The van der Waals surface area contributed by atoms with E-state index in [0.717, 1.165) is 11.3 Å². The molecular weight excluding hydrogens is 184 g/mol. The molecule has 70 valence electrons. The Hall–Kier alpha value is -0.960. The van der Waals surface area contributed by atoms with Gasteiger partial charge >= 0.3 is 0 Å². The lowest BCUT2D eigenvalue weighted by Gasteiger charge is -2.02. The molecule has 0 amide bonds. The number of thioether (sulfide) groups is 1. The average Bonchev–Trinajstić information content (AvgIpc) is 2.18. The molecule has 0 radical (unpaired) electrons. The van der Waals surface area contributed by atoms with E-state index in [4.69, 9.17) is 4.74 Å². The van der Waals surface area contributed by atoms with Crippen molar-refractivity contribution in [2.45, 2.75) is 6.42 Å². The zero-order chi connectivity index (χ0) is 9.68. The summed E-state index contributed by atoms with van der Waals surface area (Å²) in [4.78, 5) is 11.1. The van der Waals surface area contributed by atoms with Gasteiger partial charge in [0.15, 0.2) is 5.12 Å². The quantitative estimate of drug-likeness (QED) is 0.740. The van der Waals surface area contributed by atoms with Gasteiger partial charge in [-0.15, -0.1) is 0 Å². The van der Waals surface area contributed by atoms with Crippen LogP contribution in [0.3, 0.4) is 0 Å². The largest absolute Gasteiger partial charge is 0.497 e. The van der Waals surface area contributed by atoms with E-state index < -0.39 is 0 Å². The van der Waals surface area contributed by atoms with Crippen LogP contribution in [-0.4, -0.2) is 18.5 Å². The third-order valence-electron chi connectivity index (χ3n) is 1.71. The summed E-state index contributed by atoms with van der Waals surface area (Å²) < 4.78 is 5.05. The molecule has 0 aliphatic heterocycles. The van der Waals surface area contributed by atoms with Crippen LogP contribution in [0.5, 0.6) is 5.75 Å². The van der Waals surface area contributed by atoms with Gasteiger partial charge < -0.3 is 4.74 Å². The van der Waals surface area contributed by atoms with Gasteiger partial charge in [-0.3, -0.25) is 4.79 Å². The van der Waals surface area contributed by atoms with Gasteiger partial charge in [0, 0.05) is 6.42 Å². The first-order valence-electron chi connectivity index (χ1n) is 3.96. The third-order valence-corrected chi connectivity index (χ3v) is 2.31. The van der Waals surface area contributed by atoms with E-state index in [0.29, 0.717) is 6.42 Å². The highest BCUT2D eigenvalue weighted by molar-refractivity contribution is 8.13. The summed E-state index contributed by atoms with van der Waals surface area (Å²) in [6.45, 7) is 0. The molecule has 0 saturated heterocycles. The fourth-order valence-electron chi connectivity index (χ4n) is 1.02. The van der Waals surface area contributed by atoms with Crippen LogP contribution in [0, 0.1) is 0 Å². The van der Waals surface area contributed by atoms with E-state index in [9.17, 15) is 4.79 Å². The van der Waals surface area contributed by atoms with Crippen molar-refractivity contribution in [2.24, 2.45) is 0 Å². The zero-order valence-electron chi connectivity index (χ0n) is 7.74. The average molecular weight is 196 g/mol. The van der Waals surface area contributed by atoms with E-state index in [1.807, 2.05) is 24.3 Å². The molecule has 0 aliphatic rings. The van der Waals surface area contributed by atoms with Crippen LogP contribution >= 0.6 is 11.8 Å².